The second-order valence-electron chi connectivity index (χ2n) is 4.69. The summed E-state index contributed by atoms with van der Waals surface area (Å²) in [5, 5.41) is 4.09. The minimum absolute atomic E-state index is 0.136. The van der Waals surface area contributed by atoms with Gasteiger partial charge in [-0.3, -0.25) is 0 Å². The van der Waals surface area contributed by atoms with E-state index >= 15 is 0 Å². The normalized spacial score (nSPS) is 12.4. The molecule has 0 fully saturated rings. The minimum atomic E-state index is -0.377. The lowest BCUT2D eigenvalue weighted by atomic mass is 9.98. The molecule has 0 aromatic heterocycles. The SMILES string of the molecule is CCNC(Cc1ccc(Br)cc1Cl)c1cccc(Cl)c1F. The molecule has 0 spiro atoms. The Hall–Kier alpha value is -0.610. The average molecular weight is 391 g/mol. The van der Waals surface area contributed by atoms with Crippen LogP contribution in [0.15, 0.2) is 40.9 Å². The van der Waals surface area contributed by atoms with Crippen molar-refractivity contribution in [3.63, 3.8) is 0 Å². The van der Waals surface area contributed by atoms with Crippen molar-refractivity contribution in [1.29, 1.82) is 0 Å². The number of benzene rings is 2. The van der Waals surface area contributed by atoms with Crippen LogP contribution in [0.3, 0.4) is 0 Å². The van der Waals surface area contributed by atoms with Gasteiger partial charge in [0, 0.05) is 21.1 Å². The first kappa shape index (κ1) is 16.8. The number of likely N-dealkylation sites (N-methyl/N-ethyl adjacent to an activating group) is 1. The molecule has 0 saturated carbocycles. The summed E-state index contributed by atoms with van der Waals surface area (Å²) in [7, 11) is 0. The van der Waals surface area contributed by atoms with Gasteiger partial charge in [-0.1, -0.05) is 64.3 Å². The molecule has 0 heterocycles. The van der Waals surface area contributed by atoms with Crippen molar-refractivity contribution in [2.24, 2.45) is 0 Å². The Morgan fingerprint density at radius 1 is 1.19 bits per heavy atom. The van der Waals surface area contributed by atoms with Gasteiger partial charge in [0.05, 0.1) is 5.02 Å². The Kier molecular flexibility index (Phi) is 6.06. The summed E-state index contributed by atoms with van der Waals surface area (Å²) >= 11 is 15.5. The molecule has 0 radical (unpaired) electrons. The van der Waals surface area contributed by atoms with Gasteiger partial charge in [0.25, 0.3) is 0 Å². The molecule has 2 aromatic carbocycles. The smallest absolute Gasteiger partial charge is 0.146 e. The summed E-state index contributed by atoms with van der Waals surface area (Å²) in [4.78, 5) is 0. The molecule has 21 heavy (non-hydrogen) atoms. The number of nitrogens with one attached hydrogen (secondary N) is 1. The highest BCUT2D eigenvalue weighted by atomic mass is 79.9. The molecule has 1 N–H and O–H groups in total. The average Bonchev–Trinajstić information content (AvgIpc) is 2.44. The van der Waals surface area contributed by atoms with Crippen molar-refractivity contribution in [3.05, 3.63) is 67.9 Å². The van der Waals surface area contributed by atoms with Gasteiger partial charge in [-0.25, -0.2) is 4.39 Å². The highest BCUT2D eigenvalue weighted by molar-refractivity contribution is 9.10. The summed E-state index contributed by atoms with van der Waals surface area (Å²) in [6, 6.07) is 10.6. The minimum Gasteiger partial charge on any atom is -0.310 e. The highest BCUT2D eigenvalue weighted by Gasteiger charge is 2.18. The number of hydrogen-bond donors (Lipinski definition) is 1. The van der Waals surface area contributed by atoms with Gasteiger partial charge in [0.15, 0.2) is 0 Å². The fraction of sp³-hybridized carbons (Fsp3) is 0.250. The Morgan fingerprint density at radius 3 is 2.62 bits per heavy atom. The maximum absolute atomic E-state index is 14.2. The zero-order chi connectivity index (χ0) is 15.4. The van der Waals surface area contributed by atoms with Crippen LogP contribution in [0.25, 0.3) is 0 Å². The first-order valence-corrected chi connectivity index (χ1v) is 8.19. The molecule has 0 aliphatic heterocycles. The third-order valence-electron chi connectivity index (χ3n) is 3.25. The molecular formula is C16H15BrCl2FN. The van der Waals surface area contributed by atoms with E-state index in [-0.39, 0.29) is 16.9 Å². The van der Waals surface area contributed by atoms with Crippen molar-refractivity contribution in [2.45, 2.75) is 19.4 Å². The molecule has 112 valence electrons. The van der Waals surface area contributed by atoms with Gasteiger partial charge in [-0.05, 0) is 36.7 Å². The van der Waals surface area contributed by atoms with Crippen molar-refractivity contribution in [2.75, 3.05) is 6.54 Å². The van der Waals surface area contributed by atoms with Gasteiger partial charge in [-0.15, -0.1) is 0 Å². The van der Waals surface area contributed by atoms with Gasteiger partial charge >= 0.3 is 0 Å². The predicted molar refractivity (Wildman–Crippen MR) is 90.7 cm³/mol. The van der Waals surface area contributed by atoms with Crippen LogP contribution >= 0.6 is 39.1 Å². The van der Waals surface area contributed by atoms with E-state index in [1.54, 1.807) is 18.2 Å². The van der Waals surface area contributed by atoms with E-state index < -0.39 is 0 Å². The highest BCUT2D eigenvalue weighted by Crippen LogP contribution is 2.29. The molecule has 1 unspecified atom stereocenters. The second-order valence-corrected chi connectivity index (χ2v) is 6.42. The topological polar surface area (TPSA) is 12.0 Å². The van der Waals surface area contributed by atoms with Crippen LogP contribution in [0.4, 0.5) is 4.39 Å². The summed E-state index contributed by atoms with van der Waals surface area (Å²) in [5.41, 5.74) is 1.52. The first-order valence-electron chi connectivity index (χ1n) is 6.64. The van der Waals surface area contributed by atoms with Gasteiger partial charge < -0.3 is 5.32 Å². The molecule has 2 aromatic rings. The molecule has 1 nitrogen and oxygen atoms in total. The summed E-state index contributed by atoms with van der Waals surface area (Å²) in [6.45, 7) is 2.71. The second kappa shape index (κ2) is 7.59. The summed E-state index contributed by atoms with van der Waals surface area (Å²) < 4.78 is 15.2. The standard InChI is InChI=1S/C16H15BrCl2FN/c1-2-21-15(12-4-3-5-13(18)16(12)20)8-10-6-7-11(17)9-14(10)19/h3-7,9,15,21H,2,8H2,1H3. The van der Waals surface area contributed by atoms with Crippen molar-refractivity contribution in [3.8, 4) is 0 Å². The van der Waals surface area contributed by atoms with E-state index in [4.69, 9.17) is 23.2 Å². The molecule has 0 aliphatic rings. The number of halogens is 4. The quantitative estimate of drug-likeness (QED) is 0.681. The van der Waals surface area contributed by atoms with Crippen LogP contribution in [-0.2, 0) is 6.42 Å². The summed E-state index contributed by atoms with van der Waals surface area (Å²) in [5.74, 6) is -0.377. The van der Waals surface area contributed by atoms with Crippen LogP contribution in [0.1, 0.15) is 24.1 Å². The summed E-state index contributed by atoms with van der Waals surface area (Å²) in [6.07, 6.45) is 0.594. The molecule has 1 atom stereocenters. The molecule has 0 amide bonds. The molecule has 0 saturated heterocycles. The number of hydrogen-bond acceptors (Lipinski definition) is 1. The fourth-order valence-electron chi connectivity index (χ4n) is 2.24. The Bertz CT molecular complexity index is 634. The van der Waals surface area contributed by atoms with E-state index in [1.165, 1.54) is 0 Å². The van der Waals surface area contributed by atoms with E-state index in [0.29, 0.717) is 17.0 Å². The van der Waals surface area contributed by atoms with Crippen molar-refractivity contribution >= 4 is 39.1 Å². The number of rotatable bonds is 5. The van der Waals surface area contributed by atoms with Crippen molar-refractivity contribution < 1.29 is 4.39 Å². The lowest BCUT2D eigenvalue weighted by molar-refractivity contribution is 0.510. The van der Waals surface area contributed by atoms with Crippen molar-refractivity contribution in [1.82, 2.24) is 5.32 Å². The van der Waals surface area contributed by atoms with Gasteiger partial charge in [-0.2, -0.15) is 0 Å². The maximum Gasteiger partial charge on any atom is 0.146 e. The molecule has 0 bridgehead atoms. The van der Waals surface area contributed by atoms with Gasteiger partial charge in [0.2, 0.25) is 0 Å². The molecular weight excluding hydrogens is 376 g/mol. The Balaban J connectivity index is 2.33. The molecule has 2 rings (SSSR count). The largest absolute Gasteiger partial charge is 0.310 e. The third kappa shape index (κ3) is 4.19. The maximum atomic E-state index is 14.2. The van der Waals surface area contributed by atoms with Crippen LogP contribution in [-0.4, -0.2) is 6.54 Å². The zero-order valence-corrected chi connectivity index (χ0v) is 14.6. The van der Waals surface area contributed by atoms with Crippen LogP contribution in [0, 0.1) is 5.82 Å². The van der Waals surface area contributed by atoms with Crippen LogP contribution < -0.4 is 5.32 Å². The Morgan fingerprint density at radius 2 is 1.95 bits per heavy atom. The van der Waals surface area contributed by atoms with Crippen LogP contribution in [0.2, 0.25) is 10.0 Å². The fourth-order valence-corrected chi connectivity index (χ4v) is 3.17. The van der Waals surface area contributed by atoms with Gasteiger partial charge in [0.1, 0.15) is 5.82 Å². The van der Waals surface area contributed by atoms with Crippen LogP contribution in [0.5, 0.6) is 0 Å². The third-order valence-corrected chi connectivity index (χ3v) is 4.38. The van der Waals surface area contributed by atoms with E-state index in [2.05, 4.69) is 21.2 Å². The molecule has 5 heteroatoms. The predicted octanol–water partition coefficient (Wildman–Crippen LogP) is 5.79. The lowest BCUT2D eigenvalue weighted by Crippen LogP contribution is -2.24. The monoisotopic (exact) mass is 389 g/mol. The van der Waals surface area contributed by atoms with E-state index in [0.717, 1.165) is 16.6 Å². The molecule has 0 aliphatic carbocycles. The lowest BCUT2D eigenvalue weighted by Gasteiger charge is -2.20. The first-order chi connectivity index (χ1) is 10.0. The van der Waals surface area contributed by atoms with E-state index in [9.17, 15) is 4.39 Å². The van der Waals surface area contributed by atoms with E-state index in [1.807, 2.05) is 25.1 Å². The zero-order valence-electron chi connectivity index (χ0n) is 11.5. The Labute approximate surface area is 142 Å².